The first-order chi connectivity index (χ1) is 5.12. The first-order valence-corrected chi connectivity index (χ1v) is 18.4. The molecule has 0 aliphatic rings. The molecule has 1 heteroatoms. The van der Waals surface area contributed by atoms with Gasteiger partial charge in [-0.3, -0.25) is 0 Å². The summed E-state index contributed by atoms with van der Waals surface area (Å²) in [5.74, 6) is 0. The molecule has 0 fully saturated rings. The van der Waals surface area contributed by atoms with Crippen molar-refractivity contribution in [2.24, 2.45) is 0 Å². The van der Waals surface area contributed by atoms with Gasteiger partial charge in [-0.1, -0.05) is 0 Å². The normalized spacial score (nSPS) is 12.0. The molecule has 0 saturated heterocycles. The second-order valence-corrected chi connectivity index (χ2v) is 25.1. The van der Waals surface area contributed by atoms with E-state index in [9.17, 15) is 0 Å². The van der Waals surface area contributed by atoms with Crippen molar-refractivity contribution in [3.63, 3.8) is 0 Å². The van der Waals surface area contributed by atoms with Crippen molar-refractivity contribution in [3.8, 4) is 0 Å². The zero-order valence-corrected chi connectivity index (χ0v) is 12.6. The molecule has 0 spiro atoms. The van der Waals surface area contributed by atoms with Gasteiger partial charge in [0.15, 0.2) is 0 Å². The van der Waals surface area contributed by atoms with Gasteiger partial charge in [0.1, 0.15) is 0 Å². The van der Waals surface area contributed by atoms with Gasteiger partial charge in [0.2, 0.25) is 0 Å². The van der Waals surface area contributed by atoms with Crippen LogP contribution in [0.1, 0.15) is 39.5 Å². The number of hydrogen-bond donors (Lipinski definition) is 0. The van der Waals surface area contributed by atoms with Crippen LogP contribution in [-0.4, -0.2) is 21.2 Å². The summed E-state index contributed by atoms with van der Waals surface area (Å²) in [4.78, 5) is 0. The predicted octanol–water partition coefficient (Wildman–Crippen LogP) is 4.30. The summed E-state index contributed by atoms with van der Waals surface area (Å²) in [6, 6.07) is 0. The summed E-state index contributed by atoms with van der Waals surface area (Å²) in [6.07, 6.45) is 5.79. The van der Waals surface area contributed by atoms with E-state index in [1.54, 1.807) is 7.96 Å². The topological polar surface area (TPSA) is 0 Å². The van der Waals surface area contributed by atoms with Crippen molar-refractivity contribution in [2.45, 2.75) is 56.5 Å². The van der Waals surface area contributed by atoms with Gasteiger partial charge in [-0.15, -0.1) is 0 Å². The third kappa shape index (κ3) is 7.29. The van der Waals surface area contributed by atoms with Crippen LogP contribution in [0, 0.1) is 0 Å². The van der Waals surface area contributed by atoms with Crippen LogP contribution in [0.2, 0.25) is 16.9 Å². The Morgan fingerprint density at radius 1 is 0.818 bits per heavy atom. The standard InChI is InChI=1S/2C4H9.2CH3.Pb/c2*1-3-4-2;;;/h2*1,3-4H2,2H3;2*1H3;. The van der Waals surface area contributed by atoms with Crippen LogP contribution in [0.25, 0.3) is 0 Å². The molecule has 0 rings (SSSR count). The van der Waals surface area contributed by atoms with Crippen LogP contribution in [-0.2, 0) is 0 Å². The zero-order chi connectivity index (χ0) is 8.74. The average molecular weight is 352 g/mol. The molecule has 0 bridgehead atoms. The summed E-state index contributed by atoms with van der Waals surface area (Å²) in [5.41, 5.74) is 0. The van der Waals surface area contributed by atoms with Crippen LogP contribution in [0.5, 0.6) is 0 Å². The quantitative estimate of drug-likeness (QED) is 0.626. The van der Waals surface area contributed by atoms with E-state index < -0.39 is 21.2 Å². The van der Waals surface area contributed by atoms with Crippen LogP contribution in [0.15, 0.2) is 0 Å². The van der Waals surface area contributed by atoms with Gasteiger partial charge in [0, 0.05) is 0 Å². The number of hydrogen-bond acceptors (Lipinski definition) is 0. The van der Waals surface area contributed by atoms with Crippen LogP contribution < -0.4 is 0 Å². The van der Waals surface area contributed by atoms with Crippen LogP contribution in [0.3, 0.4) is 0 Å². The van der Waals surface area contributed by atoms with Gasteiger partial charge < -0.3 is 0 Å². The van der Waals surface area contributed by atoms with Crippen molar-refractivity contribution in [1.29, 1.82) is 0 Å². The Morgan fingerprint density at radius 3 is 1.45 bits per heavy atom. The summed E-state index contributed by atoms with van der Waals surface area (Å²) in [5, 5.41) is 0. The van der Waals surface area contributed by atoms with Gasteiger partial charge in [0.05, 0.1) is 0 Å². The van der Waals surface area contributed by atoms with E-state index in [2.05, 4.69) is 22.8 Å². The molecule has 0 N–H and O–H groups in total. The fraction of sp³-hybridized carbons (Fsp3) is 1.00. The molecule has 0 unspecified atom stereocenters. The molecule has 0 saturated carbocycles. The summed E-state index contributed by atoms with van der Waals surface area (Å²) >= 11 is -1.55. The van der Waals surface area contributed by atoms with E-state index in [4.69, 9.17) is 0 Å². The molecule has 0 aromatic rings. The summed E-state index contributed by atoms with van der Waals surface area (Å²) < 4.78 is 8.50. The summed E-state index contributed by atoms with van der Waals surface area (Å²) in [7, 11) is 0. The molecule has 0 aromatic carbocycles. The zero-order valence-electron chi connectivity index (χ0n) is 8.74. The van der Waals surface area contributed by atoms with Gasteiger partial charge in [-0.05, 0) is 0 Å². The Hall–Kier alpha value is 0.922. The molecular formula is C10H24Pb. The van der Waals surface area contributed by atoms with E-state index in [0.717, 1.165) is 0 Å². The van der Waals surface area contributed by atoms with Crippen molar-refractivity contribution in [1.82, 2.24) is 0 Å². The van der Waals surface area contributed by atoms with Gasteiger partial charge in [0.25, 0.3) is 0 Å². The van der Waals surface area contributed by atoms with E-state index in [-0.39, 0.29) is 0 Å². The molecule has 11 heavy (non-hydrogen) atoms. The van der Waals surface area contributed by atoms with Crippen LogP contribution in [0.4, 0.5) is 0 Å². The molecule has 0 aliphatic carbocycles. The Kier molecular flexibility index (Phi) is 6.98. The van der Waals surface area contributed by atoms with Crippen molar-refractivity contribution < 1.29 is 0 Å². The van der Waals surface area contributed by atoms with Crippen molar-refractivity contribution in [3.05, 3.63) is 0 Å². The van der Waals surface area contributed by atoms with E-state index >= 15 is 0 Å². The van der Waals surface area contributed by atoms with E-state index in [0.29, 0.717) is 0 Å². The first kappa shape index (κ1) is 11.9. The fourth-order valence-corrected chi connectivity index (χ4v) is 12.6. The van der Waals surface area contributed by atoms with Gasteiger partial charge >= 0.3 is 77.6 Å². The monoisotopic (exact) mass is 352 g/mol. The molecule has 0 heterocycles. The average Bonchev–Trinajstić information content (AvgIpc) is 1.97. The Morgan fingerprint density at radius 2 is 1.18 bits per heavy atom. The van der Waals surface area contributed by atoms with Gasteiger partial charge in [-0.25, -0.2) is 0 Å². The third-order valence-corrected chi connectivity index (χ3v) is 15.7. The van der Waals surface area contributed by atoms with Crippen molar-refractivity contribution in [2.75, 3.05) is 0 Å². The Bertz CT molecular complexity index is 76.9. The maximum atomic E-state index is 2.62. The predicted molar refractivity (Wildman–Crippen MR) is 56.9 cm³/mol. The van der Waals surface area contributed by atoms with E-state index in [1.165, 1.54) is 25.7 Å². The minimum atomic E-state index is -1.55. The number of rotatable bonds is 6. The molecular weight excluding hydrogens is 327 g/mol. The second kappa shape index (κ2) is 6.44. The Balaban J connectivity index is 3.43. The third-order valence-electron chi connectivity index (χ3n) is 2.41. The van der Waals surface area contributed by atoms with Crippen LogP contribution >= 0.6 is 0 Å². The molecule has 0 radical (unpaired) electrons. The summed E-state index contributed by atoms with van der Waals surface area (Å²) in [6.45, 7) is 4.62. The number of unbranched alkanes of at least 4 members (excludes halogenated alkanes) is 2. The molecule has 0 atom stereocenters. The minimum absolute atomic E-state index is 1.40. The van der Waals surface area contributed by atoms with Gasteiger partial charge in [-0.2, -0.15) is 0 Å². The van der Waals surface area contributed by atoms with E-state index in [1.807, 2.05) is 0 Å². The fourth-order valence-electron chi connectivity index (χ4n) is 1.44. The maximum absolute atomic E-state index is 2.62. The molecule has 0 nitrogen and oxygen atoms in total. The van der Waals surface area contributed by atoms with Crippen molar-refractivity contribution >= 4 is 21.2 Å². The first-order valence-electron chi connectivity index (χ1n) is 5.12. The molecule has 0 aromatic heterocycles. The molecule has 0 aliphatic heterocycles. The Labute approximate surface area is 77.4 Å². The molecule has 0 amide bonds. The second-order valence-electron chi connectivity index (χ2n) is 4.37. The molecule has 68 valence electrons. The SMILES string of the molecule is CCC[CH2][Pb]([CH3])([CH3])[CH2]CCC.